The number of phenolic OH excluding ortho intramolecular Hbond substituents is 1. The molecule has 1 atom stereocenters. The van der Waals surface area contributed by atoms with Crippen molar-refractivity contribution < 1.29 is 5.11 Å². The molecule has 2 nitrogen and oxygen atoms in total. The van der Waals surface area contributed by atoms with Crippen molar-refractivity contribution >= 4 is 27.3 Å². The zero-order chi connectivity index (χ0) is 14.0. The lowest BCUT2D eigenvalue weighted by molar-refractivity contribution is 0.457. The van der Waals surface area contributed by atoms with E-state index in [9.17, 15) is 5.11 Å². The second-order valence-electron chi connectivity index (χ2n) is 4.72. The molecule has 1 aromatic carbocycles. The topological polar surface area (TPSA) is 32.3 Å². The van der Waals surface area contributed by atoms with Gasteiger partial charge in [-0.2, -0.15) is 0 Å². The number of rotatable bonds is 4. The number of hydrogen-bond donors (Lipinski definition) is 2. The molecule has 4 heteroatoms. The number of halogens is 1. The summed E-state index contributed by atoms with van der Waals surface area (Å²) in [6, 6.07) is 8.23. The monoisotopic (exact) mass is 339 g/mol. The largest absolute Gasteiger partial charge is 0.506 e. The highest BCUT2D eigenvalue weighted by Gasteiger charge is 2.12. The lowest BCUT2D eigenvalue weighted by Crippen LogP contribution is -2.18. The summed E-state index contributed by atoms with van der Waals surface area (Å²) in [5, 5.41) is 13.4. The van der Waals surface area contributed by atoms with E-state index in [2.05, 4.69) is 48.1 Å². The predicted octanol–water partition coefficient (Wildman–Crippen LogP) is 4.68. The fraction of sp³-hybridized carbons (Fsp3) is 0.333. The molecular formula is C15H18BrNOS. The Hall–Kier alpha value is -0.840. The van der Waals surface area contributed by atoms with Gasteiger partial charge in [-0.15, -0.1) is 11.3 Å². The molecule has 1 aromatic heterocycles. The van der Waals surface area contributed by atoms with Crippen LogP contribution >= 0.6 is 27.3 Å². The average molecular weight is 340 g/mol. The Morgan fingerprint density at radius 3 is 2.74 bits per heavy atom. The summed E-state index contributed by atoms with van der Waals surface area (Å²) in [4.78, 5) is 2.70. The summed E-state index contributed by atoms with van der Waals surface area (Å²) < 4.78 is 0.738. The molecule has 0 saturated carbocycles. The van der Waals surface area contributed by atoms with Crippen LogP contribution in [0.2, 0.25) is 0 Å². The number of aromatic hydroxyl groups is 1. The molecule has 0 fully saturated rings. The van der Waals surface area contributed by atoms with Gasteiger partial charge >= 0.3 is 0 Å². The van der Waals surface area contributed by atoms with Crippen LogP contribution in [-0.2, 0) is 6.54 Å². The molecule has 2 rings (SSSR count). The lowest BCUT2D eigenvalue weighted by atomic mass is 10.1. The summed E-state index contributed by atoms with van der Waals surface area (Å²) in [5.74, 6) is 0.320. The molecule has 2 N–H and O–H groups in total. The first-order valence-electron chi connectivity index (χ1n) is 6.25. The minimum atomic E-state index is 0.281. The molecule has 0 aliphatic heterocycles. The van der Waals surface area contributed by atoms with Crippen molar-refractivity contribution in [2.24, 2.45) is 0 Å². The Balaban J connectivity index is 2.06. The third-order valence-electron chi connectivity index (χ3n) is 3.21. The summed E-state index contributed by atoms with van der Waals surface area (Å²) in [5.41, 5.74) is 2.25. The second-order valence-corrected chi connectivity index (χ2v) is 7.03. The lowest BCUT2D eigenvalue weighted by Gasteiger charge is -2.15. The van der Waals surface area contributed by atoms with Crippen molar-refractivity contribution in [2.45, 2.75) is 33.4 Å². The van der Waals surface area contributed by atoms with E-state index >= 15 is 0 Å². The van der Waals surface area contributed by atoms with Gasteiger partial charge in [0.1, 0.15) is 5.75 Å². The Bertz CT molecular complexity index is 580. The van der Waals surface area contributed by atoms with Gasteiger partial charge in [0.2, 0.25) is 0 Å². The van der Waals surface area contributed by atoms with Crippen LogP contribution in [0.25, 0.3) is 0 Å². The molecular weight excluding hydrogens is 322 g/mol. The van der Waals surface area contributed by atoms with Gasteiger partial charge in [0.15, 0.2) is 0 Å². The van der Waals surface area contributed by atoms with Gasteiger partial charge in [-0.3, -0.25) is 0 Å². The number of phenols is 1. The maximum Gasteiger partial charge on any atom is 0.134 e. The summed E-state index contributed by atoms with van der Waals surface area (Å²) in [6.07, 6.45) is 0. The van der Waals surface area contributed by atoms with Crippen molar-refractivity contribution in [1.29, 1.82) is 0 Å². The third-order valence-corrected chi connectivity index (χ3v) is 4.84. The molecule has 1 heterocycles. The Morgan fingerprint density at radius 2 is 2.11 bits per heavy atom. The van der Waals surface area contributed by atoms with E-state index < -0.39 is 0 Å². The molecule has 102 valence electrons. The van der Waals surface area contributed by atoms with Crippen molar-refractivity contribution in [3.05, 3.63) is 49.6 Å². The van der Waals surface area contributed by atoms with E-state index in [-0.39, 0.29) is 6.04 Å². The summed E-state index contributed by atoms with van der Waals surface area (Å²) >= 11 is 5.16. The maximum absolute atomic E-state index is 9.95. The molecule has 0 radical (unpaired) electrons. The van der Waals surface area contributed by atoms with Crippen LogP contribution in [0.3, 0.4) is 0 Å². The first-order chi connectivity index (χ1) is 8.99. The quantitative estimate of drug-likeness (QED) is 0.847. The first-order valence-corrected chi connectivity index (χ1v) is 7.86. The van der Waals surface area contributed by atoms with Crippen LogP contribution in [0, 0.1) is 13.8 Å². The molecule has 0 spiro atoms. The Morgan fingerprint density at radius 1 is 1.37 bits per heavy atom. The summed E-state index contributed by atoms with van der Waals surface area (Å²) in [6.45, 7) is 7.10. The number of para-hydroxylation sites is 1. The molecule has 19 heavy (non-hydrogen) atoms. The highest BCUT2D eigenvalue weighted by Crippen LogP contribution is 2.29. The number of hydrogen-bond acceptors (Lipinski definition) is 3. The van der Waals surface area contributed by atoms with Crippen LogP contribution in [0.15, 0.2) is 28.7 Å². The van der Waals surface area contributed by atoms with Crippen LogP contribution in [-0.4, -0.2) is 5.11 Å². The van der Waals surface area contributed by atoms with Gasteiger partial charge in [-0.1, -0.05) is 12.1 Å². The second kappa shape index (κ2) is 6.07. The van der Waals surface area contributed by atoms with Gasteiger partial charge in [0, 0.05) is 27.9 Å². The smallest absolute Gasteiger partial charge is 0.134 e. The number of benzene rings is 1. The fourth-order valence-corrected chi connectivity index (χ4v) is 3.59. The SMILES string of the molecule is Cc1cc(C(C)NCc2cccc(Br)c2O)c(C)s1. The van der Waals surface area contributed by atoms with Gasteiger partial charge in [-0.05, 0) is 54.4 Å². The maximum atomic E-state index is 9.95. The molecule has 0 saturated heterocycles. The highest BCUT2D eigenvalue weighted by molar-refractivity contribution is 9.10. The third kappa shape index (κ3) is 3.38. The normalized spacial score (nSPS) is 12.6. The van der Waals surface area contributed by atoms with E-state index in [1.54, 1.807) is 0 Å². The van der Waals surface area contributed by atoms with Crippen LogP contribution in [0.1, 0.15) is 33.8 Å². The molecule has 1 unspecified atom stereocenters. The van der Waals surface area contributed by atoms with E-state index in [0.29, 0.717) is 12.3 Å². The Labute approximate surface area is 126 Å². The first kappa shape index (κ1) is 14.6. The molecule has 0 bridgehead atoms. The highest BCUT2D eigenvalue weighted by atomic mass is 79.9. The number of nitrogens with one attached hydrogen (secondary N) is 1. The van der Waals surface area contributed by atoms with Crippen molar-refractivity contribution in [2.75, 3.05) is 0 Å². The zero-order valence-electron chi connectivity index (χ0n) is 11.3. The number of aryl methyl sites for hydroxylation is 2. The van der Waals surface area contributed by atoms with E-state index in [0.717, 1.165) is 10.0 Å². The van der Waals surface area contributed by atoms with Gasteiger partial charge in [0.05, 0.1) is 4.47 Å². The number of thiophene rings is 1. The van der Waals surface area contributed by atoms with Gasteiger partial charge < -0.3 is 10.4 Å². The van der Waals surface area contributed by atoms with Crippen LogP contribution in [0.4, 0.5) is 0 Å². The molecule has 0 aliphatic rings. The van der Waals surface area contributed by atoms with E-state index in [1.165, 1.54) is 15.3 Å². The molecule has 0 amide bonds. The zero-order valence-corrected chi connectivity index (χ0v) is 13.7. The van der Waals surface area contributed by atoms with E-state index in [1.807, 2.05) is 29.5 Å². The van der Waals surface area contributed by atoms with Crippen molar-refractivity contribution in [3.8, 4) is 5.75 Å². The minimum Gasteiger partial charge on any atom is -0.506 e. The molecule has 0 aliphatic carbocycles. The fourth-order valence-electron chi connectivity index (χ4n) is 2.16. The van der Waals surface area contributed by atoms with Gasteiger partial charge in [0.25, 0.3) is 0 Å². The van der Waals surface area contributed by atoms with Crippen LogP contribution in [0.5, 0.6) is 5.75 Å². The standard InChI is InChI=1S/C15H18BrNOS/c1-9-7-13(11(3)19-9)10(2)17-8-12-5-4-6-14(16)15(12)18/h4-7,10,17-18H,8H2,1-3H3. The Kier molecular flexibility index (Phi) is 4.66. The average Bonchev–Trinajstić information content (AvgIpc) is 2.70. The predicted molar refractivity (Wildman–Crippen MR) is 84.9 cm³/mol. The van der Waals surface area contributed by atoms with Gasteiger partial charge in [-0.25, -0.2) is 0 Å². The molecule has 2 aromatic rings. The van der Waals surface area contributed by atoms with Crippen molar-refractivity contribution in [3.63, 3.8) is 0 Å². The van der Waals surface area contributed by atoms with E-state index in [4.69, 9.17) is 0 Å². The van der Waals surface area contributed by atoms with Crippen LogP contribution < -0.4 is 5.32 Å². The summed E-state index contributed by atoms with van der Waals surface area (Å²) in [7, 11) is 0. The van der Waals surface area contributed by atoms with Crippen molar-refractivity contribution in [1.82, 2.24) is 5.32 Å². The minimum absolute atomic E-state index is 0.281.